The Morgan fingerprint density at radius 3 is 2.69 bits per heavy atom. The number of pyridine rings is 1. The molecule has 0 aliphatic carbocycles. The van der Waals surface area contributed by atoms with E-state index in [1.54, 1.807) is 16.8 Å². The van der Waals surface area contributed by atoms with E-state index in [1.165, 1.54) is 6.20 Å². The number of hydrogen-bond donors (Lipinski definition) is 4. The van der Waals surface area contributed by atoms with Crippen LogP contribution in [0.15, 0.2) is 36.7 Å². The van der Waals surface area contributed by atoms with Crippen LogP contribution >= 0.6 is 10.6 Å². The third-order valence-electron chi connectivity index (χ3n) is 5.41. The van der Waals surface area contributed by atoms with Gasteiger partial charge in [-0.3, -0.25) is 18.9 Å². The van der Waals surface area contributed by atoms with E-state index in [0.717, 1.165) is 11.2 Å². The first-order valence-corrected chi connectivity index (χ1v) is 12.3. The van der Waals surface area contributed by atoms with Gasteiger partial charge in [0.15, 0.2) is 0 Å². The normalized spacial score (nSPS) is 17.1. The molecule has 1 aliphatic heterocycles. The summed E-state index contributed by atoms with van der Waals surface area (Å²) in [6.07, 6.45) is 4.14. The van der Waals surface area contributed by atoms with Crippen LogP contribution in [-0.2, 0) is 0 Å². The molecule has 0 saturated carbocycles. The number of fused-ring (bicyclic) bond motifs is 1. The average molecular weight is 455 g/mol. The van der Waals surface area contributed by atoms with Crippen LogP contribution in [0.2, 0.25) is 0 Å². The molecule has 1 aliphatic rings. The van der Waals surface area contributed by atoms with Crippen molar-refractivity contribution in [3.05, 3.63) is 47.8 Å². The second kappa shape index (κ2) is 8.78. The van der Waals surface area contributed by atoms with E-state index in [-0.39, 0.29) is 18.0 Å². The van der Waals surface area contributed by atoms with Gasteiger partial charge in [0.2, 0.25) is 0 Å². The van der Waals surface area contributed by atoms with Crippen molar-refractivity contribution < 1.29 is 13.9 Å². The van der Waals surface area contributed by atoms with Gasteiger partial charge in [-0.2, -0.15) is 21.0 Å². The van der Waals surface area contributed by atoms with Crippen molar-refractivity contribution in [2.45, 2.75) is 38.8 Å². The first kappa shape index (κ1) is 22.1. The number of nitriles is 1. The highest BCUT2D eigenvalue weighted by molar-refractivity contribution is 8.24. The molecule has 9 nitrogen and oxygen atoms in total. The van der Waals surface area contributed by atoms with Crippen LogP contribution in [0.5, 0.6) is 0 Å². The predicted molar refractivity (Wildman–Crippen MR) is 125 cm³/mol. The van der Waals surface area contributed by atoms with E-state index in [4.69, 9.17) is 5.26 Å². The molecule has 0 radical (unpaired) electrons. The second-order valence-corrected chi connectivity index (χ2v) is 10.7. The molecule has 0 bridgehead atoms. The average Bonchev–Trinajstić information content (AvgIpc) is 3.18. The minimum atomic E-state index is -2.50. The van der Waals surface area contributed by atoms with E-state index in [9.17, 15) is 13.9 Å². The topological polar surface area (TPSA) is 136 Å². The van der Waals surface area contributed by atoms with Crippen LogP contribution in [0.4, 0.5) is 5.69 Å². The van der Waals surface area contributed by atoms with Crippen molar-refractivity contribution in [1.82, 2.24) is 19.9 Å². The quantitative estimate of drug-likeness (QED) is 0.461. The summed E-state index contributed by atoms with van der Waals surface area (Å²) in [6, 6.07) is 9.42. The molecule has 3 aromatic rings. The van der Waals surface area contributed by atoms with Gasteiger partial charge < -0.3 is 10.6 Å². The zero-order valence-electron chi connectivity index (χ0n) is 17.9. The largest absolute Gasteiger partial charge is 0.382 e. The second-order valence-electron chi connectivity index (χ2n) is 8.28. The molecule has 1 amide bonds. The summed E-state index contributed by atoms with van der Waals surface area (Å²) in [6.45, 7) is 3.98. The van der Waals surface area contributed by atoms with E-state index >= 15 is 0 Å². The SMILES string of the molecule is CC(C)Nc1cc(-c2ccc3cc(C#N)cnn23)ncc1C(=O)NC1CCS(O)(O)CC1. The van der Waals surface area contributed by atoms with Crippen molar-refractivity contribution in [2.75, 3.05) is 16.8 Å². The van der Waals surface area contributed by atoms with Crippen LogP contribution in [-0.4, -0.2) is 53.2 Å². The number of rotatable bonds is 5. The standard InChI is InChI=1S/C22H26N6O3S/c1-14(2)26-19-10-20(21-4-3-17-9-15(11-23)12-25-28(17)21)24-13-18(19)22(29)27-16-5-7-32(30,31)8-6-16/h3-4,9-10,12-14,16,30-31H,5-8H2,1-2H3,(H,24,26)(H,27,29). The molecule has 0 unspecified atom stereocenters. The third-order valence-corrected chi connectivity index (χ3v) is 7.19. The van der Waals surface area contributed by atoms with Crippen LogP contribution < -0.4 is 10.6 Å². The Bertz CT molecular complexity index is 1190. The van der Waals surface area contributed by atoms with Gasteiger partial charge in [-0.15, -0.1) is 0 Å². The fourth-order valence-corrected chi connectivity index (χ4v) is 5.31. The van der Waals surface area contributed by atoms with Gasteiger partial charge in [0.05, 0.1) is 39.9 Å². The van der Waals surface area contributed by atoms with Crippen molar-refractivity contribution in [1.29, 1.82) is 5.26 Å². The number of amides is 1. The Labute approximate surface area is 187 Å². The summed E-state index contributed by atoms with van der Waals surface area (Å²) >= 11 is 0. The number of aromatic nitrogens is 3. The van der Waals surface area contributed by atoms with Gasteiger partial charge in [0.25, 0.3) is 5.91 Å². The molecule has 4 rings (SSSR count). The molecule has 32 heavy (non-hydrogen) atoms. The van der Waals surface area contributed by atoms with Crippen molar-refractivity contribution in [2.24, 2.45) is 0 Å². The zero-order chi connectivity index (χ0) is 22.9. The van der Waals surface area contributed by atoms with E-state index in [2.05, 4.69) is 26.8 Å². The molecule has 10 heteroatoms. The molecule has 0 spiro atoms. The Morgan fingerprint density at radius 1 is 1.25 bits per heavy atom. The van der Waals surface area contributed by atoms with Crippen molar-refractivity contribution in [3.8, 4) is 17.5 Å². The first-order chi connectivity index (χ1) is 15.3. The predicted octanol–water partition coefficient (Wildman–Crippen LogP) is 3.73. The minimum Gasteiger partial charge on any atom is -0.382 e. The summed E-state index contributed by atoms with van der Waals surface area (Å²) in [5.74, 6) is 0.384. The van der Waals surface area contributed by atoms with Crippen molar-refractivity contribution >= 4 is 27.7 Å². The van der Waals surface area contributed by atoms with Crippen LogP contribution in [0.25, 0.3) is 16.9 Å². The van der Waals surface area contributed by atoms with Crippen LogP contribution in [0.1, 0.15) is 42.6 Å². The lowest BCUT2D eigenvalue weighted by atomic mass is 10.1. The number of hydrogen-bond acceptors (Lipinski definition) is 7. The lowest BCUT2D eigenvalue weighted by Crippen LogP contribution is -2.40. The highest BCUT2D eigenvalue weighted by atomic mass is 32.3. The van der Waals surface area contributed by atoms with E-state index in [0.29, 0.717) is 46.9 Å². The summed E-state index contributed by atoms with van der Waals surface area (Å²) in [7, 11) is -2.50. The Morgan fingerprint density at radius 2 is 2.00 bits per heavy atom. The maximum Gasteiger partial charge on any atom is 0.255 e. The highest BCUT2D eigenvalue weighted by Gasteiger charge is 2.26. The van der Waals surface area contributed by atoms with Crippen molar-refractivity contribution in [3.63, 3.8) is 0 Å². The number of nitrogens with one attached hydrogen (secondary N) is 2. The molecule has 1 saturated heterocycles. The van der Waals surface area contributed by atoms with Gasteiger partial charge in [0.1, 0.15) is 6.07 Å². The molecule has 1 fully saturated rings. The molecule has 168 valence electrons. The lowest BCUT2D eigenvalue weighted by Gasteiger charge is -2.39. The van der Waals surface area contributed by atoms with Crippen LogP contribution in [0.3, 0.4) is 0 Å². The maximum atomic E-state index is 13.0. The number of anilines is 1. The summed E-state index contributed by atoms with van der Waals surface area (Å²) in [5, 5.41) is 19.8. The van der Waals surface area contributed by atoms with Gasteiger partial charge in [-0.05, 0) is 51.0 Å². The molecule has 4 N–H and O–H groups in total. The minimum absolute atomic E-state index is 0.0953. The maximum absolute atomic E-state index is 13.0. The smallest absolute Gasteiger partial charge is 0.255 e. The van der Waals surface area contributed by atoms with Crippen LogP contribution in [0, 0.1) is 11.3 Å². The summed E-state index contributed by atoms with van der Waals surface area (Å²) < 4.78 is 21.3. The zero-order valence-corrected chi connectivity index (χ0v) is 18.8. The number of carbonyl (C=O) groups is 1. The summed E-state index contributed by atoms with van der Waals surface area (Å²) in [5.41, 5.74) is 3.75. The Hall–Kier alpha value is -3.13. The van der Waals surface area contributed by atoms with Gasteiger partial charge in [-0.1, -0.05) is 0 Å². The number of carbonyl (C=O) groups excluding carboxylic acids is 1. The van der Waals surface area contributed by atoms with E-state index < -0.39 is 10.6 Å². The highest BCUT2D eigenvalue weighted by Crippen LogP contribution is 2.43. The lowest BCUT2D eigenvalue weighted by molar-refractivity contribution is 0.0934. The van der Waals surface area contributed by atoms with Gasteiger partial charge in [0, 0.05) is 29.8 Å². The molecular formula is C22H26N6O3S. The first-order valence-electron chi connectivity index (χ1n) is 10.4. The third kappa shape index (κ3) is 4.70. The van der Waals surface area contributed by atoms with Gasteiger partial charge in [-0.25, -0.2) is 4.52 Å². The summed E-state index contributed by atoms with van der Waals surface area (Å²) in [4.78, 5) is 17.5. The molecular weight excluding hydrogens is 428 g/mol. The monoisotopic (exact) mass is 454 g/mol. The fraction of sp³-hybridized carbons (Fsp3) is 0.364. The number of nitrogens with zero attached hydrogens (tertiary/aromatic N) is 4. The Balaban J connectivity index is 1.62. The Kier molecular flexibility index (Phi) is 6.06. The molecule has 4 heterocycles. The molecule has 3 aromatic heterocycles. The van der Waals surface area contributed by atoms with E-state index in [1.807, 2.05) is 32.0 Å². The molecule has 0 atom stereocenters. The fourth-order valence-electron chi connectivity index (χ4n) is 3.78. The molecule has 0 aromatic carbocycles. The van der Waals surface area contributed by atoms with Gasteiger partial charge >= 0.3 is 0 Å².